The quantitative estimate of drug-likeness (QED) is 0.798. The van der Waals surface area contributed by atoms with Crippen molar-refractivity contribution >= 4 is 17.5 Å². The maximum Gasteiger partial charge on any atom is 0.229 e. The van der Waals surface area contributed by atoms with Crippen LogP contribution in [0.3, 0.4) is 0 Å². The lowest BCUT2D eigenvalue weighted by Crippen LogP contribution is -2.15. The third-order valence-corrected chi connectivity index (χ3v) is 3.29. The second kappa shape index (κ2) is 6.98. The summed E-state index contributed by atoms with van der Waals surface area (Å²) < 4.78 is 11.1. The smallest absolute Gasteiger partial charge is 0.229 e. The maximum atomic E-state index is 5.57. The Kier molecular flexibility index (Phi) is 4.58. The van der Waals surface area contributed by atoms with E-state index < -0.39 is 0 Å². The third kappa shape index (κ3) is 3.58. The molecule has 0 unspecified atom stereocenters. The van der Waals surface area contributed by atoms with Gasteiger partial charge in [0.05, 0.1) is 0 Å². The highest BCUT2D eigenvalue weighted by atomic mass is 16.6. The first kappa shape index (κ1) is 14.4. The SMILES string of the molecule is CCCCNc1ccnc(Nc2ccc3c(c2)OCCO3)n1. The van der Waals surface area contributed by atoms with Crippen molar-refractivity contribution in [1.29, 1.82) is 0 Å². The minimum atomic E-state index is 0.554. The number of nitrogens with zero attached hydrogens (tertiary/aromatic N) is 2. The summed E-state index contributed by atoms with van der Waals surface area (Å²) in [6.07, 6.45) is 4.01. The van der Waals surface area contributed by atoms with Crippen LogP contribution in [0.4, 0.5) is 17.5 Å². The van der Waals surface area contributed by atoms with Gasteiger partial charge in [-0.05, 0) is 24.6 Å². The van der Waals surface area contributed by atoms with Crippen LogP contribution in [0.2, 0.25) is 0 Å². The number of unbranched alkanes of at least 4 members (excludes halogenated alkanes) is 1. The predicted molar refractivity (Wildman–Crippen MR) is 86.1 cm³/mol. The zero-order valence-corrected chi connectivity index (χ0v) is 12.6. The van der Waals surface area contributed by atoms with Crippen molar-refractivity contribution in [1.82, 2.24) is 9.97 Å². The van der Waals surface area contributed by atoms with Gasteiger partial charge in [0.2, 0.25) is 5.95 Å². The zero-order chi connectivity index (χ0) is 15.2. The van der Waals surface area contributed by atoms with Gasteiger partial charge in [-0.2, -0.15) is 4.98 Å². The Morgan fingerprint density at radius 1 is 1.14 bits per heavy atom. The zero-order valence-electron chi connectivity index (χ0n) is 12.6. The van der Waals surface area contributed by atoms with E-state index in [1.54, 1.807) is 6.20 Å². The summed E-state index contributed by atoms with van der Waals surface area (Å²) in [5.74, 6) is 2.89. The number of anilines is 3. The van der Waals surface area contributed by atoms with Gasteiger partial charge in [0, 0.05) is 24.5 Å². The number of nitrogens with one attached hydrogen (secondary N) is 2. The van der Waals surface area contributed by atoms with Gasteiger partial charge in [0.25, 0.3) is 0 Å². The number of hydrogen-bond donors (Lipinski definition) is 2. The molecule has 2 N–H and O–H groups in total. The molecule has 0 amide bonds. The number of rotatable bonds is 6. The summed E-state index contributed by atoms with van der Waals surface area (Å²) in [7, 11) is 0. The minimum Gasteiger partial charge on any atom is -0.486 e. The fraction of sp³-hybridized carbons (Fsp3) is 0.375. The molecular weight excluding hydrogens is 280 g/mol. The lowest BCUT2D eigenvalue weighted by atomic mass is 10.2. The van der Waals surface area contributed by atoms with Gasteiger partial charge in [-0.3, -0.25) is 0 Å². The molecule has 0 saturated heterocycles. The monoisotopic (exact) mass is 300 g/mol. The summed E-state index contributed by atoms with van der Waals surface area (Å²) in [6.45, 7) is 4.24. The molecule has 0 atom stereocenters. The molecule has 22 heavy (non-hydrogen) atoms. The fourth-order valence-corrected chi connectivity index (χ4v) is 2.16. The van der Waals surface area contributed by atoms with Crippen molar-refractivity contribution < 1.29 is 9.47 Å². The third-order valence-electron chi connectivity index (χ3n) is 3.29. The first-order valence-corrected chi connectivity index (χ1v) is 7.59. The molecule has 1 aromatic heterocycles. The van der Waals surface area contributed by atoms with Crippen molar-refractivity contribution in [3.8, 4) is 11.5 Å². The van der Waals surface area contributed by atoms with Crippen LogP contribution >= 0.6 is 0 Å². The number of benzene rings is 1. The molecule has 2 aromatic rings. The van der Waals surface area contributed by atoms with E-state index in [1.165, 1.54) is 0 Å². The van der Waals surface area contributed by atoms with E-state index in [0.717, 1.165) is 42.4 Å². The second-order valence-corrected chi connectivity index (χ2v) is 5.03. The molecular formula is C16H20N4O2. The van der Waals surface area contributed by atoms with Crippen LogP contribution in [0, 0.1) is 0 Å². The average molecular weight is 300 g/mol. The Labute approximate surface area is 129 Å². The Morgan fingerprint density at radius 3 is 2.86 bits per heavy atom. The Bertz CT molecular complexity index is 633. The number of aromatic nitrogens is 2. The van der Waals surface area contributed by atoms with Crippen molar-refractivity contribution in [2.45, 2.75) is 19.8 Å². The fourth-order valence-electron chi connectivity index (χ4n) is 2.16. The van der Waals surface area contributed by atoms with Crippen LogP contribution < -0.4 is 20.1 Å². The first-order chi connectivity index (χ1) is 10.8. The van der Waals surface area contributed by atoms with Crippen LogP contribution in [-0.2, 0) is 0 Å². The highest BCUT2D eigenvalue weighted by Gasteiger charge is 2.12. The van der Waals surface area contributed by atoms with Crippen molar-refractivity contribution in [3.63, 3.8) is 0 Å². The van der Waals surface area contributed by atoms with E-state index in [0.29, 0.717) is 19.2 Å². The maximum absolute atomic E-state index is 5.57. The van der Waals surface area contributed by atoms with Crippen molar-refractivity contribution in [3.05, 3.63) is 30.5 Å². The summed E-state index contributed by atoms with van der Waals surface area (Å²) in [6, 6.07) is 7.58. The van der Waals surface area contributed by atoms with Gasteiger partial charge in [-0.1, -0.05) is 13.3 Å². The summed E-state index contributed by atoms with van der Waals surface area (Å²) >= 11 is 0. The highest BCUT2D eigenvalue weighted by molar-refractivity contribution is 5.60. The minimum absolute atomic E-state index is 0.554. The van der Waals surface area contributed by atoms with Crippen LogP contribution in [0.5, 0.6) is 11.5 Å². The van der Waals surface area contributed by atoms with Crippen LogP contribution in [0.1, 0.15) is 19.8 Å². The van der Waals surface area contributed by atoms with Gasteiger partial charge in [0.15, 0.2) is 11.5 Å². The molecule has 0 aliphatic carbocycles. The molecule has 1 aromatic carbocycles. The van der Waals surface area contributed by atoms with Gasteiger partial charge < -0.3 is 20.1 Å². The molecule has 0 saturated carbocycles. The number of hydrogen-bond acceptors (Lipinski definition) is 6. The number of ether oxygens (including phenoxy) is 2. The normalized spacial score (nSPS) is 12.8. The second-order valence-electron chi connectivity index (χ2n) is 5.03. The van der Waals surface area contributed by atoms with E-state index in [2.05, 4.69) is 27.5 Å². The van der Waals surface area contributed by atoms with Crippen LogP contribution in [-0.4, -0.2) is 29.7 Å². The predicted octanol–water partition coefficient (Wildman–Crippen LogP) is 3.20. The van der Waals surface area contributed by atoms with E-state index in [9.17, 15) is 0 Å². The molecule has 6 nitrogen and oxygen atoms in total. The molecule has 116 valence electrons. The van der Waals surface area contributed by atoms with E-state index >= 15 is 0 Å². The van der Waals surface area contributed by atoms with Gasteiger partial charge in [-0.25, -0.2) is 4.98 Å². The van der Waals surface area contributed by atoms with Crippen molar-refractivity contribution in [2.75, 3.05) is 30.4 Å². The van der Waals surface area contributed by atoms with Gasteiger partial charge in [0.1, 0.15) is 19.0 Å². The molecule has 0 radical (unpaired) electrons. The Hall–Kier alpha value is -2.50. The number of fused-ring (bicyclic) bond motifs is 1. The topological polar surface area (TPSA) is 68.3 Å². The highest BCUT2D eigenvalue weighted by Crippen LogP contribution is 2.33. The van der Waals surface area contributed by atoms with E-state index in [4.69, 9.17) is 9.47 Å². The molecule has 6 heteroatoms. The van der Waals surface area contributed by atoms with E-state index in [-0.39, 0.29) is 0 Å². The van der Waals surface area contributed by atoms with Gasteiger partial charge in [-0.15, -0.1) is 0 Å². The summed E-state index contributed by atoms with van der Waals surface area (Å²) in [5.41, 5.74) is 0.870. The average Bonchev–Trinajstić information content (AvgIpc) is 2.55. The largest absolute Gasteiger partial charge is 0.486 e. The van der Waals surface area contributed by atoms with Crippen LogP contribution in [0.25, 0.3) is 0 Å². The Balaban J connectivity index is 1.68. The molecule has 0 fully saturated rings. The molecule has 3 rings (SSSR count). The van der Waals surface area contributed by atoms with Gasteiger partial charge >= 0.3 is 0 Å². The van der Waals surface area contributed by atoms with Crippen LogP contribution in [0.15, 0.2) is 30.5 Å². The first-order valence-electron chi connectivity index (χ1n) is 7.59. The molecule has 0 bridgehead atoms. The Morgan fingerprint density at radius 2 is 2.00 bits per heavy atom. The summed E-state index contributed by atoms with van der Waals surface area (Å²) in [4.78, 5) is 8.69. The standard InChI is InChI=1S/C16H20N4O2/c1-2-3-7-17-15-6-8-18-16(20-15)19-12-4-5-13-14(11-12)22-10-9-21-13/h4-6,8,11H,2-3,7,9-10H2,1H3,(H2,17,18,19,20). The van der Waals surface area contributed by atoms with E-state index in [1.807, 2.05) is 24.3 Å². The lowest BCUT2D eigenvalue weighted by molar-refractivity contribution is 0.171. The van der Waals surface area contributed by atoms with Crippen molar-refractivity contribution in [2.24, 2.45) is 0 Å². The molecule has 1 aliphatic heterocycles. The lowest BCUT2D eigenvalue weighted by Gasteiger charge is -2.19. The molecule has 2 heterocycles. The molecule has 1 aliphatic rings. The molecule has 0 spiro atoms. The summed E-state index contributed by atoms with van der Waals surface area (Å²) in [5, 5.41) is 6.47.